The van der Waals surface area contributed by atoms with Crippen LogP contribution in [0.5, 0.6) is 0 Å². The summed E-state index contributed by atoms with van der Waals surface area (Å²) in [6.45, 7) is 5.94. The minimum atomic E-state index is -0.338. The van der Waals surface area contributed by atoms with E-state index in [1.54, 1.807) is 13.8 Å². The predicted octanol–water partition coefficient (Wildman–Crippen LogP) is 2.25. The van der Waals surface area contributed by atoms with Crippen LogP contribution in [0.25, 0.3) is 0 Å². The largest absolute Gasteiger partial charge is 0.462 e. The Morgan fingerprint density at radius 3 is 2.71 bits per heavy atom. The Kier molecular flexibility index (Phi) is 3.68. The van der Waals surface area contributed by atoms with E-state index in [1.165, 1.54) is 0 Å². The number of rotatable bonds is 4. The molecule has 14 heavy (non-hydrogen) atoms. The third kappa shape index (κ3) is 2.34. The Balaban J connectivity index is 2.60. The van der Waals surface area contributed by atoms with Crippen molar-refractivity contribution in [1.29, 1.82) is 0 Å². The maximum absolute atomic E-state index is 11.5. The first-order valence-corrected chi connectivity index (χ1v) is 4.76. The number of hydrogen-bond donors (Lipinski definition) is 0. The van der Waals surface area contributed by atoms with Crippen molar-refractivity contribution in [2.24, 2.45) is 0 Å². The topological polar surface area (TPSA) is 52.3 Å². The Morgan fingerprint density at radius 1 is 1.50 bits per heavy atom. The number of ether oxygens (including phenoxy) is 1. The minimum absolute atomic E-state index is 0.338. The van der Waals surface area contributed by atoms with Crippen LogP contribution in [0, 0.1) is 13.8 Å². The van der Waals surface area contributed by atoms with Gasteiger partial charge in [0.05, 0.1) is 12.3 Å². The van der Waals surface area contributed by atoms with E-state index in [4.69, 9.17) is 9.26 Å². The van der Waals surface area contributed by atoms with Crippen LogP contribution in [0.15, 0.2) is 4.52 Å². The van der Waals surface area contributed by atoms with Crippen LogP contribution in [0.4, 0.5) is 0 Å². The van der Waals surface area contributed by atoms with Crippen LogP contribution in [0.2, 0.25) is 0 Å². The number of carbonyl (C=O) groups excluding carboxylic acids is 1. The highest BCUT2D eigenvalue weighted by molar-refractivity contribution is 5.91. The highest BCUT2D eigenvalue weighted by atomic mass is 16.5. The van der Waals surface area contributed by atoms with Gasteiger partial charge in [-0.25, -0.2) is 4.79 Å². The number of hydrogen-bond acceptors (Lipinski definition) is 4. The van der Waals surface area contributed by atoms with E-state index < -0.39 is 0 Å². The molecule has 0 amide bonds. The number of carbonyl (C=O) groups is 1. The monoisotopic (exact) mass is 197 g/mol. The standard InChI is InChI=1S/C10H15NO3/c1-4-5-6-13-10(12)9-7(2)11-14-8(9)3/h4-6H2,1-3H3. The predicted molar refractivity (Wildman–Crippen MR) is 51.2 cm³/mol. The summed E-state index contributed by atoms with van der Waals surface area (Å²) >= 11 is 0. The number of aryl methyl sites for hydroxylation is 2. The van der Waals surface area contributed by atoms with Gasteiger partial charge in [0.1, 0.15) is 11.3 Å². The summed E-state index contributed by atoms with van der Waals surface area (Å²) in [5.41, 5.74) is 1.05. The molecule has 1 heterocycles. The van der Waals surface area contributed by atoms with Crippen molar-refractivity contribution in [1.82, 2.24) is 5.16 Å². The number of esters is 1. The van der Waals surface area contributed by atoms with Crippen molar-refractivity contribution in [3.05, 3.63) is 17.0 Å². The van der Waals surface area contributed by atoms with Crippen molar-refractivity contribution in [3.8, 4) is 0 Å². The van der Waals surface area contributed by atoms with Crippen LogP contribution in [0.3, 0.4) is 0 Å². The smallest absolute Gasteiger partial charge is 0.343 e. The second-order valence-electron chi connectivity index (χ2n) is 3.19. The van der Waals surface area contributed by atoms with Crippen molar-refractivity contribution in [2.45, 2.75) is 33.6 Å². The highest BCUT2D eigenvalue weighted by Gasteiger charge is 2.18. The molecule has 1 rings (SSSR count). The van der Waals surface area contributed by atoms with Gasteiger partial charge in [-0.05, 0) is 20.3 Å². The summed E-state index contributed by atoms with van der Waals surface area (Å²) < 4.78 is 9.92. The molecule has 0 saturated heterocycles. The molecule has 4 heteroatoms. The van der Waals surface area contributed by atoms with Gasteiger partial charge in [-0.15, -0.1) is 0 Å². The Morgan fingerprint density at radius 2 is 2.21 bits per heavy atom. The van der Waals surface area contributed by atoms with Crippen molar-refractivity contribution in [2.75, 3.05) is 6.61 Å². The maximum atomic E-state index is 11.5. The summed E-state index contributed by atoms with van der Waals surface area (Å²) in [4.78, 5) is 11.5. The Bertz CT molecular complexity index is 298. The lowest BCUT2D eigenvalue weighted by Gasteiger charge is -2.02. The fourth-order valence-electron chi connectivity index (χ4n) is 1.16. The molecule has 0 N–H and O–H groups in total. The normalized spacial score (nSPS) is 10.2. The lowest BCUT2D eigenvalue weighted by molar-refractivity contribution is 0.0497. The molecule has 0 saturated carbocycles. The van der Waals surface area contributed by atoms with Crippen LogP contribution >= 0.6 is 0 Å². The molecule has 0 aliphatic carbocycles. The summed E-state index contributed by atoms with van der Waals surface area (Å²) in [6, 6.07) is 0. The van der Waals surface area contributed by atoms with Gasteiger partial charge in [0.2, 0.25) is 0 Å². The molecule has 1 aromatic heterocycles. The third-order valence-electron chi connectivity index (χ3n) is 1.97. The fraction of sp³-hybridized carbons (Fsp3) is 0.600. The average Bonchev–Trinajstić information content (AvgIpc) is 2.46. The zero-order valence-electron chi connectivity index (χ0n) is 8.79. The Hall–Kier alpha value is -1.32. The number of unbranched alkanes of at least 4 members (excludes halogenated alkanes) is 1. The van der Waals surface area contributed by atoms with Gasteiger partial charge in [0.25, 0.3) is 0 Å². The summed E-state index contributed by atoms with van der Waals surface area (Å²) in [6.07, 6.45) is 1.89. The van der Waals surface area contributed by atoms with E-state index in [9.17, 15) is 4.79 Å². The van der Waals surface area contributed by atoms with Gasteiger partial charge in [-0.3, -0.25) is 0 Å². The third-order valence-corrected chi connectivity index (χ3v) is 1.97. The van der Waals surface area contributed by atoms with E-state index in [1.807, 2.05) is 6.92 Å². The van der Waals surface area contributed by atoms with Crippen LogP contribution in [0.1, 0.15) is 41.6 Å². The first-order valence-electron chi connectivity index (χ1n) is 4.76. The molecule has 0 unspecified atom stereocenters. The molecule has 4 nitrogen and oxygen atoms in total. The van der Waals surface area contributed by atoms with Gasteiger partial charge in [0, 0.05) is 0 Å². The van der Waals surface area contributed by atoms with Gasteiger partial charge < -0.3 is 9.26 Å². The van der Waals surface area contributed by atoms with Crippen molar-refractivity contribution < 1.29 is 14.1 Å². The quantitative estimate of drug-likeness (QED) is 0.548. The van der Waals surface area contributed by atoms with Gasteiger partial charge >= 0.3 is 5.97 Å². The highest BCUT2D eigenvalue weighted by Crippen LogP contribution is 2.13. The van der Waals surface area contributed by atoms with Gasteiger partial charge in [-0.2, -0.15) is 0 Å². The van der Waals surface area contributed by atoms with E-state index in [0.29, 0.717) is 23.6 Å². The van der Waals surface area contributed by atoms with Gasteiger partial charge in [-0.1, -0.05) is 18.5 Å². The van der Waals surface area contributed by atoms with Crippen LogP contribution in [-0.2, 0) is 4.74 Å². The first kappa shape index (κ1) is 10.8. The summed E-state index contributed by atoms with van der Waals surface area (Å²) in [5, 5.41) is 3.69. The molecule has 0 radical (unpaired) electrons. The van der Waals surface area contributed by atoms with E-state index in [-0.39, 0.29) is 5.97 Å². The van der Waals surface area contributed by atoms with E-state index in [2.05, 4.69) is 5.16 Å². The molecule has 0 spiro atoms. The molecular formula is C10H15NO3. The zero-order valence-corrected chi connectivity index (χ0v) is 8.79. The molecule has 1 aromatic rings. The van der Waals surface area contributed by atoms with E-state index >= 15 is 0 Å². The lowest BCUT2D eigenvalue weighted by atomic mass is 10.2. The minimum Gasteiger partial charge on any atom is -0.462 e. The Labute approximate surface area is 83.2 Å². The molecule has 0 atom stereocenters. The summed E-state index contributed by atoms with van der Waals surface area (Å²) in [5.74, 6) is 0.179. The first-order chi connectivity index (χ1) is 6.66. The van der Waals surface area contributed by atoms with Crippen LogP contribution < -0.4 is 0 Å². The van der Waals surface area contributed by atoms with Crippen LogP contribution in [-0.4, -0.2) is 17.7 Å². The number of aromatic nitrogens is 1. The lowest BCUT2D eigenvalue weighted by Crippen LogP contribution is -2.08. The molecule has 0 aromatic carbocycles. The van der Waals surface area contributed by atoms with Crippen molar-refractivity contribution in [3.63, 3.8) is 0 Å². The maximum Gasteiger partial charge on any atom is 0.343 e. The molecule has 0 aliphatic heterocycles. The molecule has 0 fully saturated rings. The van der Waals surface area contributed by atoms with Gasteiger partial charge in [0.15, 0.2) is 0 Å². The molecule has 0 aliphatic rings. The second kappa shape index (κ2) is 4.79. The fourth-order valence-corrected chi connectivity index (χ4v) is 1.16. The van der Waals surface area contributed by atoms with Crippen molar-refractivity contribution >= 4 is 5.97 Å². The van der Waals surface area contributed by atoms with E-state index in [0.717, 1.165) is 12.8 Å². The summed E-state index contributed by atoms with van der Waals surface area (Å²) in [7, 11) is 0. The second-order valence-corrected chi connectivity index (χ2v) is 3.19. The number of nitrogens with zero attached hydrogens (tertiary/aromatic N) is 1. The molecular weight excluding hydrogens is 182 g/mol. The average molecular weight is 197 g/mol. The SMILES string of the molecule is CCCCOC(=O)c1c(C)noc1C. The molecule has 78 valence electrons. The zero-order chi connectivity index (χ0) is 10.6. The molecule has 0 bridgehead atoms.